The average molecular weight is 745 g/mol. The second kappa shape index (κ2) is 12.6. The molecule has 3 aromatic heterocycles. The van der Waals surface area contributed by atoms with Gasteiger partial charge >= 0.3 is 6.09 Å². The first-order valence-corrected chi connectivity index (χ1v) is 19.1. The number of hydrogen-bond acceptors (Lipinski definition) is 6. The smallest absolute Gasteiger partial charge is 0.410 e. The Bertz CT molecular complexity index is 2380. The van der Waals surface area contributed by atoms with Gasteiger partial charge in [-0.15, -0.1) is 11.8 Å². The zero-order valence-corrected chi connectivity index (χ0v) is 31.0. The number of amides is 1. The molecule has 0 N–H and O–H groups in total. The van der Waals surface area contributed by atoms with Crippen molar-refractivity contribution in [1.82, 2.24) is 19.0 Å². The van der Waals surface area contributed by atoms with Gasteiger partial charge in [-0.1, -0.05) is 41.4 Å². The number of aryl methyl sites for hydroxylation is 2. The molecule has 8 nitrogen and oxygen atoms in total. The summed E-state index contributed by atoms with van der Waals surface area (Å²) in [6, 6.07) is 16.3. The van der Waals surface area contributed by atoms with E-state index in [1.807, 2.05) is 48.6 Å². The summed E-state index contributed by atoms with van der Waals surface area (Å²) in [5.74, 6) is -0.399. The van der Waals surface area contributed by atoms with E-state index in [4.69, 9.17) is 32.9 Å². The Morgan fingerprint density at radius 2 is 1.92 bits per heavy atom. The van der Waals surface area contributed by atoms with E-state index in [1.54, 1.807) is 30.3 Å². The second-order valence-electron chi connectivity index (χ2n) is 14.7. The number of halogens is 3. The van der Waals surface area contributed by atoms with Crippen molar-refractivity contribution in [2.75, 3.05) is 12.8 Å². The number of nitriles is 1. The number of carbonyl (C=O) groups is 1. The minimum absolute atomic E-state index is 0.0697. The third-order valence-electron chi connectivity index (χ3n) is 10.6. The standard InChI is InChI=1S/C39H36Cl2FN5O3S/c1-39(2,3)50-38(49)45-19-21-17-29(45)35(21)47-28(27-14-13-22-9-5-12-30(48)46(22)27)18-25-36(47)24-16-20(8-7-15-43)31(23-10-6-11-26(40)32(23)41)33(42)34(24)44-37(25)51-4/h5-6,9-12,16,18,21,27,29,35H,7-8,13-14,17,19H2,1-4H3/t21-,27?,29-,35+/m1/s1. The summed E-state index contributed by atoms with van der Waals surface area (Å²) in [5, 5.41) is 12.3. The molecule has 1 unspecified atom stereocenters. The van der Waals surface area contributed by atoms with Gasteiger partial charge in [-0.25, -0.2) is 14.2 Å². The van der Waals surface area contributed by atoms with E-state index in [9.17, 15) is 14.9 Å². The minimum Gasteiger partial charge on any atom is -0.444 e. The fourth-order valence-corrected chi connectivity index (χ4v) is 9.49. The molecule has 3 fully saturated rings. The highest BCUT2D eigenvalue weighted by molar-refractivity contribution is 7.98. The highest BCUT2D eigenvalue weighted by Crippen LogP contribution is 2.54. The van der Waals surface area contributed by atoms with Crippen LogP contribution in [0.4, 0.5) is 9.18 Å². The van der Waals surface area contributed by atoms with Crippen LogP contribution in [-0.4, -0.2) is 49.6 Å². The lowest BCUT2D eigenvalue weighted by molar-refractivity contribution is 0.0209. The Morgan fingerprint density at radius 1 is 1.14 bits per heavy atom. The van der Waals surface area contributed by atoms with Gasteiger partial charge in [0, 0.05) is 58.2 Å². The van der Waals surface area contributed by atoms with Crippen LogP contribution < -0.4 is 5.56 Å². The number of pyridine rings is 2. The first kappa shape index (κ1) is 34.1. The quantitative estimate of drug-likeness (QED) is 0.161. The van der Waals surface area contributed by atoms with E-state index in [0.717, 1.165) is 41.6 Å². The van der Waals surface area contributed by atoms with Gasteiger partial charge in [-0.3, -0.25) is 4.79 Å². The molecule has 2 saturated heterocycles. The van der Waals surface area contributed by atoms with E-state index < -0.39 is 11.4 Å². The number of benzene rings is 2. The number of carbonyl (C=O) groups excluding carboxylic acids is 1. The van der Waals surface area contributed by atoms with Crippen molar-refractivity contribution >= 4 is 62.9 Å². The van der Waals surface area contributed by atoms with Gasteiger partial charge in [0.05, 0.1) is 39.8 Å². The lowest BCUT2D eigenvalue weighted by atomic mass is 9.79. The zero-order chi connectivity index (χ0) is 35.9. The number of rotatable bonds is 6. The predicted molar refractivity (Wildman–Crippen MR) is 199 cm³/mol. The molecular formula is C39H36Cl2FN5O3S. The Labute approximate surface area is 309 Å². The Hall–Kier alpha value is -4.04. The van der Waals surface area contributed by atoms with Crippen LogP contribution in [-0.2, 0) is 17.6 Å². The normalized spacial score (nSPS) is 20.9. The fourth-order valence-electron chi connectivity index (χ4n) is 8.53. The molecular weight excluding hydrogens is 708 g/mol. The highest BCUT2D eigenvalue weighted by atomic mass is 35.5. The number of thioether (sulfide) groups is 1. The predicted octanol–water partition coefficient (Wildman–Crippen LogP) is 9.36. The molecule has 2 aromatic carbocycles. The van der Waals surface area contributed by atoms with E-state index in [2.05, 4.69) is 16.7 Å². The number of ether oxygens (including phenoxy) is 1. The van der Waals surface area contributed by atoms with E-state index in [0.29, 0.717) is 33.1 Å². The monoisotopic (exact) mass is 743 g/mol. The molecule has 1 aliphatic carbocycles. The Balaban J connectivity index is 1.43. The van der Waals surface area contributed by atoms with E-state index >= 15 is 4.39 Å². The molecule has 4 atom stereocenters. The Morgan fingerprint density at radius 3 is 2.67 bits per heavy atom. The van der Waals surface area contributed by atoms with Gasteiger partial charge in [0.2, 0.25) is 0 Å². The molecule has 9 rings (SSSR count). The van der Waals surface area contributed by atoms with Crippen LogP contribution in [0.25, 0.3) is 32.9 Å². The largest absolute Gasteiger partial charge is 0.444 e. The van der Waals surface area contributed by atoms with Gasteiger partial charge in [0.1, 0.15) is 16.1 Å². The summed E-state index contributed by atoms with van der Waals surface area (Å²) in [5.41, 5.74) is 3.52. The van der Waals surface area contributed by atoms with Gasteiger partial charge in [-0.05, 0) is 82.5 Å². The van der Waals surface area contributed by atoms with Crippen LogP contribution in [0.2, 0.25) is 10.0 Å². The van der Waals surface area contributed by atoms with Crippen LogP contribution >= 0.6 is 35.0 Å². The molecule has 5 aromatic rings. The minimum atomic E-state index is -0.643. The van der Waals surface area contributed by atoms with Gasteiger partial charge < -0.3 is 18.8 Å². The van der Waals surface area contributed by atoms with Crippen molar-refractivity contribution < 1.29 is 13.9 Å². The number of hydrogen-bond donors (Lipinski definition) is 0. The summed E-state index contributed by atoms with van der Waals surface area (Å²) in [6.07, 6.45) is 4.32. The van der Waals surface area contributed by atoms with Crippen molar-refractivity contribution in [3.63, 3.8) is 0 Å². The topological polar surface area (TPSA) is 93.1 Å². The molecule has 262 valence electrons. The zero-order valence-electron chi connectivity index (χ0n) is 28.7. The van der Waals surface area contributed by atoms with Crippen molar-refractivity contribution in [3.05, 3.63) is 91.7 Å². The second-order valence-corrected chi connectivity index (χ2v) is 16.2. The molecule has 3 aliphatic heterocycles. The molecule has 12 heteroatoms. The molecule has 0 spiro atoms. The van der Waals surface area contributed by atoms with Crippen LogP contribution in [0, 0.1) is 23.1 Å². The number of fused-ring (bicyclic) bond motifs is 5. The van der Waals surface area contributed by atoms with Crippen LogP contribution in [0.1, 0.15) is 69.1 Å². The fraction of sp³-hybridized carbons (Fsp3) is 0.385. The van der Waals surface area contributed by atoms with Crippen molar-refractivity contribution in [2.24, 2.45) is 5.92 Å². The summed E-state index contributed by atoms with van der Waals surface area (Å²) in [6.45, 7) is 6.13. The maximum absolute atomic E-state index is 17.3. The first-order chi connectivity index (χ1) is 24.4. The highest BCUT2D eigenvalue weighted by Gasteiger charge is 2.56. The van der Waals surface area contributed by atoms with Gasteiger partial charge in [0.15, 0.2) is 5.82 Å². The van der Waals surface area contributed by atoms with Crippen LogP contribution in [0.5, 0.6) is 0 Å². The van der Waals surface area contributed by atoms with Crippen molar-refractivity contribution in [3.8, 4) is 17.2 Å². The molecule has 4 aliphatic rings. The van der Waals surface area contributed by atoms with Crippen LogP contribution in [0.3, 0.4) is 0 Å². The molecule has 6 heterocycles. The molecule has 51 heavy (non-hydrogen) atoms. The van der Waals surface area contributed by atoms with Crippen LogP contribution in [0.15, 0.2) is 58.4 Å². The number of aromatic nitrogens is 3. The maximum Gasteiger partial charge on any atom is 0.410 e. The summed E-state index contributed by atoms with van der Waals surface area (Å²) >= 11 is 14.5. The van der Waals surface area contributed by atoms with Crippen molar-refractivity contribution in [2.45, 2.75) is 81.6 Å². The average Bonchev–Trinajstić information content (AvgIpc) is 3.87. The van der Waals surface area contributed by atoms with Gasteiger partial charge in [0.25, 0.3) is 5.56 Å². The number of nitrogens with zero attached hydrogens (tertiary/aromatic N) is 5. The first-order valence-electron chi connectivity index (χ1n) is 17.2. The summed E-state index contributed by atoms with van der Waals surface area (Å²) in [4.78, 5) is 33.7. The Kier molecular flexibility index (Phi) is 8.40. The van der Waals surface area contributed by atoms with Crippen molar-refractivity contribution in [1.29, 1.82) is 5.26 Å². The molecule has 1 amide bonds. The van der Waals surface area contributed by atoms with Gasteiger partial charge in [-0.2, -0.15) is 5.26 Å². The molecule has 2 bridgehead atoms. The SMILES string of the molecule is CSc1nc2c(F)c(-c3cccc(Cl)c3Cl)c(CCC#N)cc2c2c1cc(C1CCc3cccc(=O)n31)n2[C@H]1[C@@H]2C[C@H]1N(C(=O)OC(C)(C)C)C2. The summed E-state index contributed by atoms with van der Waals surface area (Å²) < 4.78 is 27.3. The molecule has 1 saturated carbocycles. The van der Waals surface area contributed by atoms with E-state index in [-0.39, 0.29) is 64.6 Å². The lowest BCUT2D eigenvalue weighted by Crippen LogP contribution is -2.44. The maximum atomic E-state index is 17.3. The third-order valence-corrected chi connectivity index (χ3v) is 12.1. The third kappa shape index (κ3) is 5.42. The van der Waals surface area contributed by atoms with E-state index in [1.165, 1.54) is 11.8 Å². The molecule has 0 radical (unpaired) electrons. The summed E-state index contributed by atoms with van der Waals surface area (Å²) in [7, 11) is 0. The lowest BCUT2D eigenvalue weighted by Gasteiger charge is -2.40.